The smallest absolute Gasteiger partial charge is 0.273 e. The summed E-state index contributed by atoms with van der Waals surface area (Å²) < 4.78 is 10.2. The molecule has 1 aromatic carbocycles. The third-order valence-electron chi connectivity index (χ3n) is 1.77. The van der Waals surface area contributed by atoms with Crippen LogP contribution < -0.4 is 10.5 Å². The fourth-order valence-corrected chi connectivity index (χ4v) is 1.25. The summed E-state index contributed by atoms with van der Waals surface area (Å²) >= 11 is 3.93. The minimum Gasteiger partial charge on any atom is -0.479 e. The second-order valence-corrected chi connectivity index (χ2v) is 3.11. The van der Waals surface area contributed by atoms with E-state index in [1.165, 1.54) is 0 Å². The summed E-state index contributed by atoms with van der Waals surface area (Å²) in [6.07, 6.45) is 0. The molecule has 0 fully saturated rings. The Bertz CT molecular complexity index is 441. The van der Waals surface area contributed by atoms with Gasteiger partial charge in [-0.05, 0) is 24.3 Å². The maximum absolute atomic E-state index is 5.24. The average molecular weight is 223 g/mol. The lowest BCUT2D eigenvalue weighted by Crippen LogP contribution is -2.06. The molecule has 0 aliphatic heterocycles. The highest BCUT2D eigenvalue weighted by Crippen LogP contribution is 2.21. The molecule has 6 heteroatoms. The SMILES string of the molecule is NCOc1ccc(-c2nnc(S)o2)cc1. The minimum atomic E-state index is 0.153. The van der Waals surface area contributed by atoms with Gasteiger partial charge in [0.2, 0.25) is 5.89 Å². The average Bonchev–Trinajstić information content (AvgIpc) is 2.67. The maximum Gasteiger partial charge on any atom is 0.273 e. The highest BCUT2D eigenvalue weighted by Gasteiger charge is 2.05. The molecule has 5 nitrogen and oxygen atoms in total. The number of hydrogen-bond donors (Lipinski definition) is 2. The lowest BCUT2D eigenvalue weighted by molar-refractivity contribution is 0.329. The molecule has 0 unspecified atom stereocenters. The largest absolute Gasteiger partial charge is 0.479 e. The van der Waals surface area contributed by atoms with E-state index in [1.54, 1.807) is 12.1 Å². The van der Waals surface area contributed by atoms with E-state index in [0.717, 1.165) is 5.56 Å². The Morgan fingerprint density at radius 3 is 2.53 bits per heavy atom. The van der Waals surface area contributed by atoms with Crippen molar-refractivity contribution in [2.45, 2.75) is 5.22 Å². The van der Waals surface area contributed by atoms with Crippen LogP contribution in [0.1, 0.15) is 0 Å². The molecular formula is C9H9N3O2S. The zero-order valence-electron chi connectivity index (χ0n) is 7.75. The van der Waals surface area contributed by atoms with Gasteiger partial charge in [0.1, 0.15) is 12.5 Å². The normalized spacial score (nSPS) is 10.3. The van der Waals surface area contributed by atoms with E-state index in [2.05, 4.69) is 22.8 Å². The molecule has 2 rings (SSSR count). The third-order valence-corrected chi connectivity index (χ3v) is 1.95. The second-order valence-electron chi connectivity index (χ2n) is 2.73. The van der Waals surface area contributed by atoms with Gasteiger partial charge in [-0.25, -0.2) is 0 Å². The first-order valence-corrected chi connectivity index (χ1v) is 4.70. The highest BCUT2D eigenvalue weighted by molar-refractivity contribution is 7.80. The van der Waals surface area contributed by atoms with Gasteiger partial charge in [0, 0.05) is 5.56 Å². The van der Waals surface area contributed by atoms with Crippen LogP contribution in [0.5, 0.6) is 5.75 Å². The monoisotopic (exact) mass is 223 g/mol. The van der Waals surface area contributed by atoms with Gasteiger partial charge in [-0.1, -0.05) is 12.6 Å². The highest BCUT2D eigenvalue weighted by atomic mass is 32.1. The summed E-state index contributed by atoms with van der Waals surface area (Å²) in [5, 5.41) is 7.69. The number of rotatable bonds is 3. The van der Waals surface area contributed by atoms with Gasteiger partial charge < -0.3 is 9.15 Å². The molecule has 78 valence electrons. The van der Waals surface area contributed by atoms with Crippen molar-refractivity contribution in [3.8, 4) is 17.2 Å². The van der Waals surface area contributed by atoms with E-state index in [0.29, 0.717) is 11.6 Å². The predicted octanol–water partition coefficient (Wildman–Crippen LogP) is 1.32. The summed E-state index contributed by atoms with van der Waals surface area (Å²) in [7, 11) is 0. The second kappa shape index (κ2) is 4.33. The van der Waals surface area contributed by atoms with E-state index in [9.17, 15) is 0 Å². The van der Waals surface area contributed by atoms with E-state index < -0.39 is 0 Å². The predicted molar refractivity (Wildman–Crippen MR) is 56.7 cm³/mol. The first-order chi connectivity index (χ1) is 7.29. The summed E-state index contributed by atoms with van der Waals surface area (Å²) in [6.45, 7) is 0.153. The molecule has 2 N–H and O–H groups in total. The van der Waals surface area contributed by atoms with Crippen LogP contribution in [0.25, 0.3) is 11.5 Å². The van der Waals surface area contributed by atoms with Crippen molar-refractivity contribution >= 4 is 12.6 Å². The topological polar surface area (TPSA) is 74.2 Å². The van der Waals surface area contributed by atoms with Gasteiger partial charge in [-0.3, -0.25) is 5.73 Å². The Hall–Kier alpha value is -1.53. The van der Waals surface area contributed by atoms with Crippen molar-refractivity contribution in [1.29, 1.82) is 0 Å². The first-order valence-electron chi connectivity index (χ1n) is 4.25. The number of benzene rings is 1. The maximum atomic E-state index is 5.24. The van der Waals surface area contributed by atoms with E-state index >= 15 is 0 Å². The molecule has 0 radical (unpaired) electrons. The van der Waals surface area contributed by atoms with Crippen LogP contribution in [0.3, 0.4) is 0 Å². The number of ether oxygens (including phenoxy) is 1. The van der Waals surface area contributed by atoms with E-state index in [1.807, 2.05) is 12.1 Å². The number of aromatic nitrogens is 2. The van der Waals surface area contributed by atoms with Crippen LogP contribution in [0, 0.1) is 0 Å². The van der Waals surface area contributed by atoms with Gasteiger partial charge in [0.05, 0.1) is 0 Å². The van der Waals surface area contributed by atoms with Gasteiger partial charge in [-0.15, -0.1) is 10.2 Å². The summed E-state index contributed by atoms with van der Waals surface area (Å²) in [4.78, 5) is 0. The van der Waals surface area contributed by atoms with Crippen LogP contribution in [0.2, 0.25) is 0 Å². The molecule has 0 saturated heterocycles. The molecule has 0 spiro atoms. The number of hydrogen-bond acceptors (Lipinski definition) is 6. The van der Waals surface area contributed by atoms with Crippen molar-refractivity contribution in [3.63, 3.8) is 0 Å². The minimum absolute atomic E-state index is 0.153. The quantitative estimate of drug-likeness (QED) is 0.606. The van der Waals surface area contributed by atoms with Crippen LogP contribution >= 0.6 is 12.6 Å². The third kappa shape index (κ3) is 2.28. The Morgan fingerprint density at radius 2 is 2.00 bits per heavy atom. The Morgan fingerprint density at radius 1 is 1.27 bits per heavy atom. The van der Waals surface area contributed by atoms with Crippen LogP contribution in [0.4, 0.5) is 0 Å². The van der Waals surface area contributed by atoms with Crippen molar-refractivity contribution < 1.29 is 9.15 Å². The molecule has 1 heterocycles. The van der Waals surface area contributed by atoms with Crippen molar-refractivity contribution in [3.05, 3.63) is 24.3 Å². The standard InChI is InChI=1S/C9H9N3O2S/c10-5-13-7-3-1-6(2-4-7)8-11-12-9(15)14-8/h1-4H,5,10H2,(H,12,15). The van der Waals surface area contributed by atoms with Crippen LogP contribution in [-0.4, -0.2) is 16.9 Å². The molecule has 2 aromatic rings. The fourth-order valence-electron chi connectivity index (χ4n) is 1.12. The zero-order valence-corrected chi connectivity index (χ0v) is 8.65. The molecule has 0 atom stereocenters. The zero-order chi connectivity index (χ0) is 10.7. The van der Waals surface area contributed by atoms with Gasteiger partial charge in [-0.2, -0.15) is 0 Å². The number of nitrogens with zero attached hydrogens (tertiary/aromatic N) is 2. The van der Waals surface area contributed by atoms with Crippen molar-refractivity contribution in [2.75, 3.05) is 6.73 Å². The molecule has 0 bridgehead atoms. The molecule has 0 aliphatic carbocycles. The molecule has 0 aliphatic rings. The molecule has 15 heavy (non-hydrogen) atoms. The van der Waals surface area contributed by atoms with E-state index in [4.69, 9.17) is 14.9 Å². The molecule has 0 amide bonds. The Kier molecular flexibility index (Phi) is 2.89. The van der Waals surface area contributed by atoms with Gasteiger partial charge in [0.25, 0.3) is 5.22 Å². The summed E-state index contributed by atoms with van der Waals surface area (Å²) in [5.41, 5.74) is 6.05. The van der Waals surface area contributed by atoms with Gasteiger partial charge >= 0.3 is 0 Å². The number of thiol groups is 1. The molecular weight excluding hydrogens is 214 g/mol. The molecule has 0 saturated carbocycles. The number of nitrogens with two attached hydrogens (primary N) is 1. The lowest BCUT2D eigenvalue weighted by atomic mass is 10.2. The fraction of sp³-hybridized carbons (Fsp3) is 0.111. The lowest BCUT2D eigenvalue weighted by Gasteiger charge is -2.01. The Labute approximate surface area is 91.7 Å². The van der Waals surface area contributed by atoms with E-state index in [-0.39, 0.29) is 12.0 Å². The van der Waals surface area contributed by atoms with Gasteiger partial charge in [0.15, 0.2) is 0 Å². The van der Waals surface area contributed by atoms with Crippen LogP contribution in [0.15, 0.2) is 33.9 Å². The van der Waals surface area contributed by atoms with Crippen molar-refractivity contribution in [2.24, 2.45) is 5.73 Å². The summed E-state index contributed by atoms with van der Waals surface area (Å²) in [6, 6.07) is 7.19. The van der Waals surface area contributed by atoms with Crippen molar-refractivity contribution in [1.82, 2.24) is 10.2 Å². The van der Waals surface area contributed by atoms with Crippen LogP contribution in [-0.2, 0) is 0 Å². The first kappa shape index (κ1) is 10.0. The summed E-state index contributed by atoms with van der Waals surface area (Å²) in [5.74, 6) is 1.13. The Balaban J connectivity index is 2.23. The molecule has 1 aromatic heterocycles.